The highest BCUT2D eigenvalue weighted by atomic mass is 35.5. The molecule has 1 amide bonds. The Bertz CT molecular complexity index is 1050. The molecule has 2 aromatic carbocycles. The quantitative estimate of drug-likeness (QED) is 0.777. The number of hydrogen-bond donors (Lipinski definition) is 1. The van der Waals surface area contributed by atoms with Gasteiger partial charge < -0.3 is 15.0 Å². The molecule has 0 aromatic heterocycles. The minimum Gasteiger partial charge on any atom is -0.491 e. The number of anilines is 1. The van der Waals surface area contributed by atoms with Gasteiger partial charge >= 0.3 is 0 Å². The first kappa shape index (κ1) is 21.3. The molecule has 8 heteroatoms. The summed E-state index contributed by atoms with van der Waals surface area (Å²) < 4.78 is 5.97. The van der Waals surface area contributed by atoms with Gasteiger partial charge in [0.05, 0.1) is 17.0 Å². The van der Waals surface area contributed by atoms with Crippen LogP contribution in [0.25, 0.3) is 0 Å². The Balaban J connectivity index is 1.59. The fourth-order valence-electron chi connectivity index (χ4n) is 3.75. The number of halogens is 1. The maximum Gasteiger partial charge on any atom is 0.246 e. The van der Waals surface area contributed by atoms with Crippen molar-refractivity contribution in [2.75, 3.05) is 58.2 Å². The number of piperazine rings is 1. The van der Waals surface area contributed by atoms with Crippen molar-refractivity contribution in [2.24, 2.45) is 4.99 Å². The van der Waals surface area contributed by atoms with Gasteiger partial charge in [-0.3, -0.25) is 14.7 Å². The SMILES string of the molecule is CN1CCN(CCOc2cc3c(cc2C#N)C(c2ccccc2Cl)=NCC(=O)N3)CC1. The number of hydrogen-bond acceptors (Lipinski definition) is 6. The maximum atomic E-state index is 12.3. The number of benzodiazepines with no additional fused rings is 1. The Morgan fingerprint density at radius 3 is 2.71 bits per heavy atom. The highest BCUT2D eigenvalue weighted by Gasteiger charge is 2.22. The minimum atomic E-state index is -0.226. The van der Waals surface area contributed by atoms with Crippen LogP contribution in [0.4, 0.5) is 5.69 Å². The van der Waals surface area contributed by atoms with E-state index in [9.17, 15) is 10.1 Å². The zero-order valence-electron chi connectivity index (χ0n) is 17.4. The molecule has 0 bridgehead atoms. The van der Waals surface area contributed by atoms with Crippen molar-refractivity contribution in [3.8, 4) is 11.8 Å². The lowest BCUT2D eigenvalue weighted by Crippen LogP contribution is -2.45. The van der Waals surface area contributed by atoms with E-state index in [1.807, 2.05) is 18.2 Å². The van der Waals surface area contributed by atoms with Crippen molar-refractivity contribution in [3.05, 3.63) is 58.1 Å². The molecule has 0 aliphatic carbocycles. The number of fused-ring (bicyclic) bond motifs is 1. The van der Waals surface area contributed by atoms with Crippen LogP contribution >= 0.6 is 11.6 Å². The van der Waals surface area contributed by atoms with Crippen LogP contribution in [0.5, 0.6) is 5.75 Å². The molecule has 0 radical (unpaired) electrons. The van der Waals surface area contributed by atoms with E-state index in [1.54, 1.807) is 18.2 Å². The molecule has 0 unspecified atom stereocenters. The number of carbonyl (C=O) groups excluding carboxylic acids is 1. The third-order valence-electron chi connectivity index (χ3n) is 5.54. The van der Waals surface area contributed by atoms with E-state index in [0.717, 1.165) is 38.3 Å². The van der Waals surface area contributed by atoms with Gasteiger partial charge in [0.15, 0.2) is 0 Å². The first-order chi connectivity index (χ1) is 15.0. The van der Waals surface area contributed by atoms with Crippen LogP contribution in [-0.2, 0) is 4.79 Å². The molecule has 7 nitrogen and oxygen atoms in total. The summed E-state index contributed by atoms with van der Waals surface area (Å²) in [5.74, 6) is 0.229. The standard InChI is InChI=1S/C23H24ClN5O2/c1-28-6-8-29(9-7-28)10-11-31-21-13-20-18(12-16(21)14-25)23(26-15-22(30)27-20)17-4-2-3-5-19(17)24/h2-5,12-13H,6-11,15H2,1H3,(H,27,30). The number of carbonyl (C=O) groups is 1. The molecule has 0 atom stereocenters. The number of nitrogens with one attached hydrogen (secondary N) is 1. The zero-order valence-corrected chi connectivity index (χ0v) is 18.2. The molecule has 0 spiro atoms. The summed E-state index contributed by atoms with van der Waals surface area (Å²) in [5.41, 5.74) is 2.92. The molecule has 4 rings (SSSR count). The molecule has 2 aromatic rings. The van der Waals surface area contributed by atoms with Gasteiger partial charge in [-0.05, 0) is 19.2 Å². The Labute approximate surface area is 186 Å². The van der Waals surface area contributed by atoms with Gasteiger partial charge in [0, 0.05) is 54.9 Å². The normalized spacial score (nSPS) is 17.2. The van der Waals surface area contributed by atoms with Gasteiger partial charge in [0.2, 0.25) is 5.91 Å². The fraction of sp³-hybridized carbons (Fsp3) is 0.348. The Kier molecular flexibility index (Phi) is 6.52. The van der Waals surface area contributed by atoms with E-state index in [-0.39, 0.29) is 12.5 Å². The number of nitrogens with zero attached hydrogens (tertiary/aromatic N) is 4. The summed E-state index contributed by atoms with van der Waals surface area (Å²) in [6.07, 6.45) is 0. The summed E-state index contributed by atoms with van der Waals surface area (Å²) in [6, 6.07) is 13.0. The fourth-order valence-corrected chi connectivity index (χ4v) is 3.98. The van der Waals surface area contributed by atoms with Crippen molar-refractivity contribution in [1.82, 2.24) is 9.80 Å². The molecule has 0 saturated carbocycles. The number of rotatable bonds is 5. The molecular weight excluding hydrogens is 414 g/mol. The smallest absolute Gasteiger partial charge is 0.246 e. The van der Waals surface area contributed by atoms with Crippen LogP contribution in [0.3, 0.4) is 0 Å². The van der Waals surface area contributed by atoms with Crippen LogP contribution in [0.15, 0.2) is 41.4 Å². The average Bonchev–Trinajstić information content (AvgIpc) is 2.92. The van der Waals surface area contributed by atoms with Crippen LogP contribution in [-0.4, -0.2) is 74.3 Å². The molecule has 160 valence electrons. The van der Waals surface area contributed by atoms with Gasteiger partial charge in [0.1, 0.15) is 25.0 Å². The third kappa shape index (κ3) is 4.88. The van der Waals surface area contributed by atoms with Gasteiger partial charge in [-0.1, -0.05) is 29.8 Å². The van der Waals surface area contributed by atoms with Crippen molar-refractivity contribution in [3.63, 3.8) is 0 Å². The summed E-state index contributed by atoms with van der Waals surface area (Å²) >= 11 is 6.39. The van der Waals surface area contributed by atoms with Gasteiger partial charge in [-0.15, -0.1) is 0 Å². The van der Waals surface area contributed by atoms with Gasteiger partial charge in [-0.25, -0.2) is 0 Å². The number of benzene rings is 2. The molecule has 2 aliphatic rings. The van der Waals surface area contributed by atoms with Crippen molar-refractivity contribution >= 4 is 28.9 Å². The van der Waals surface area contributed by atoms with Crippen molar-refractivity contribution in [2.45, 2.75) is 0 Å². The van der Waals surface area contributed by atoms with Gasteiger partial charge in [0.25, 0.3) is 0 Å². The minimum absolute atomic E-state index is 0.0171. The van der Waals surface area contributed by atoms with Crippen LogP contribution < -0.4 is 10.1 Å². The topological polar surface area (TPSA) is 81.0 Å². The second kappa shape index (κ2) is 9.48. The molecule has 2 aliphatic heterocycles. The Morgan fingerprint density at radius 1 is 1.19 bits per heavy atom. The first-order valence-corrected chi connectivity index (χ1v) is 10.6. The van der Waals surface area contributed by atoms with Crippen LogP contribution in [0, 0.1) is 11.3 Å². The second-order valence-electron chi connectivity index (χ2n) is 7.69. The number of amides is 1. The van der Waals surface area contributed by atoms with E-state index >= 15 is 0 Å². The number of ether oxygens (including phenoxy) is 1. The summed E-state index contributed by atoms with van der Waals surface area (Å²) in [7, 11) is 2.12. The monoisotopic (exact) mass is 437 g/mol. The summed E-state index contributed by atoms with van der Waals surface area (Å²) in [6.45, 7) is 5.32. The lowest BCUT2D eigenvalue weighted by atomic mass is 9.98. The highest BCUT2D eigenvalue weighted by Crippen LogP contribution is 2.32. The zero-order chi connectivity index (χ0) is 21.8. The van der Waals surface area contributed by atoms with E-state index in [2.05, 4.69) is 33.2 Å². The first-order valence-electron chi connectivity index (χ1n) is 10.3. The average molecular weight is 438 g/mol. The van der Waals surface area contributed by atoms with Crippen LogP contribution in [0.2, 0.25) is 5.02 Å². The Morgan fingerprint density at radius 2 is 1.97 bits per heavy atom. The Hall–Kier alpha value is -2.92. The molecule has 1 saturated heterocycles. The summed E-state index contributed by atoms with van der Waals surface area (Å²) in [4.78, 5) is 21.4. The molecule has 31 heavy (non-hydrogen) atoms. The van der Waals surface area contributed by atoms with E-state index in [1.165, 1.54) is 0 Å². The number of nitriles is 1. The largest absolute Gasteiger partial charge is 0.491 e. The second-order valence-corrected chi connectivity index (χ2v) is 8.10. The van der Waals surface area contributed by atoms with E-state index in [0.29, 0.717) is 39.9 Å². The van der Waals surface area contributed by atoms with Crippen LogP contribution in [0.1, 0.15) is 16.7 Å². The van der Waals surface area contributed by atoms with Gasteiger partial charge in [-0.2, -0.15) is 5.26 Å². The maximum absolute atomic E-state index is 12.3. The predicted octanol–water partition coefficient (Wildman–Crippen LogP) is 2.63. The molecular formula is C23H24ClN5O2. The third-order valence-corrected chi connectivity index (χ3v) is 5.87. The lowest BCUT2D eigenvalue weighted by molar-refractivity contribution is -0.114. The summed E-state index contributed by atoms with van der Waals surface area (Å²) in [5, 5.41) is 13.1. The molecule has 1 fully saturated rings. The number of aliphatic imine (C=N–C) groups is 1. The van der Waals surface area contributed by atoms with Crippen molar-refractivity contribution < 1.29 is 9.53 Å². The predicted molar refractivity (Wildman–Crippen MR) is 121 cm³/mol. The van der Waals surface area contributed by atoms with E-state index in [4.69, 9.17) is 16.3 Å². The number of likely N-dealkylation sites (N-methyl/N-ethyl adjacent to an activating group) is 1. The molecule has 2 heterocycles. The molecule has 1 N–H and O–H groups in total. The lowest BCUT2D eigenvalue weighted by Gasteiger charge is -2.32. The van der Waals surface area contributed by atoms with Crippen molar-refractivity contribution in [1.29, 1.82) is 5.26 Å². The van der Waals surface area contributed by atoms with E-state index < -0.39 is 0 Å². The highest BCUT2D eigenvalue weighted by molar-refractivity contribution is 6.36.